The van der Waals surface area contributed by atoms with Crippen LogP contribution >= 0.6 is 22.7 Å². The second kappa shape index (κ2) is 7.93. The predicted octanol–water partition coefficient (Wildman–Crippen LogP) is 5.49. The average molecular weight is 434 g/mol. The van der Waals surface area contributed by atoms with Crippen LogP contribution in [0.5, 0.6) is 5.75 Å². The Labute approximate surface area is 181 Å². The number of aromatic amines is 1. The SMILES string of the molecule is COc1c(C(=O)NCCc2cccs2)ccc2[nH]nc(-c3cc4ccccc4s3)c12. The number of fused-ring (bicyclic) bond motifs is 2. The Bertz CT molecular complexity index is 1300. The highest BCUT2D eigenvalue weighted by molar-refractivity contribution is 7.22. The number of nitrogens with zero attached hydrogens (tertiary/aromatic N) is 1. The molecule has 150 valence electrons. The maximum atomic E-state index is 12.9. The molecule has 3 heterocycles. The van der Waals surface area contributed by atoms with Crippen LogP contribution < -0.4 is 10.1 Å². The summed E-state index contributed by atoms with van der Waals surface area (Å²) in [5, 5.41) is 14.7. The van der Waals surface area contributed by atoms with Crippen LogP contribution in [0.15, 0.2) is 60.0 Å². The molecule has 7 heteroatoms. The van der Waals surface area contributed by atoms with Crippen molar-refractivity contribution in [2.24, 2.45) is 0 Å². The van der Waals surface area contributed by atoms with E-state index in [2.05, 4.69) is 39.8 Å². The van der Waals surface area contributed by atoms with Crippen LogP contribution in [0, 0.1) is 0 Å². The standard InChI is InChI=1S/C23H19N3O2S2/c1-28-22-16(23(27)24-11-10-15-6-4-12-29-15)8-9-17-20(22)21(26-25-17)19-13-14-5-2-3-7-18(14)30-19/h2-9,12-13H,10-11H2,1H3,(H,24,27)(H,25,26). The Morgan fingerprint density at radius 1 is 1.17 bits per heavy atom. The summed E-state index contributed by atoms with van der Waals surface area (Å²) in [6.45, 7) is 0.578. The van der Waals surface area contributed by atoms with E-state index in [0.717, 1.165) is 27.9 Å². The van der Waals surface area contributed by atoms with Crippen molar-refractivity contribution < 1.29 is 9.53 Å². The third-order valence-corrected chi connectivity index (χ3v) is 7.09. The molecule has 0 aliphatic rings. The normalized spacial score (nSPS) is 11.2. The molecule has 0 atom stereocenters. The van der Waals surface area contributed by atoms with Crippen molar-refractivity contribution in [1.29, 1.82) is 0 Å². The predicted molar refractivity (Wildman–Crippen MR) is 124 cm³/mol. The molecule has 0 unspecified atom stereocenters. The smallest absolute Gasteiger partial charge is 0.255 e. The topological polar surface area (TPSA) is 67.0 Å². The van der Waals surface area contributed by atoms with E-state index in [-0.39, 0.29) is 5.91 Å². The summed E-state index contributed by atoms with van der Waals surface area (Å²) < 4.78 is 6.91. The molecule has 2 N–H and O–H groups in total. The first-order valence-electron chi connectivity index (χ1n) is 9.59. The molecule has 2 aromatic carbocycles. The number of amides is 1. The van der Waals surface area contributed by atoms with Gasteiger partial charge in [0.25, 0.3) is 5.91 Å². The van der Waals surface area contributed by atoms with E-state index in [1.807, 2.05) is 29.6 Å². The highest BCUT2D eigenvalue weighted by Gasteiger charge is 2.21. The summed E-state index contributed by atoms with van der Waals surface area (Å²) in [5.41, 5.74) is 2.16. The minimum absolute atomic E-state index is 0.145. The number of hydrogen-bond donors (Lipinski definition) is 2. The van der Waals surface area contributed by atoms with Crippen molar-refractivity contribution in [3.63, 3.8) is 0 Å². The Balaban J connectivity index is 1.50. The van der Waals surface area contributed by atoms with Gasteiger partial charge in [0.2, 0.25) is 0 Å². The van der Waals surface area contributed by atoms with E-state index in [9.17, 15) is 4.79 Å². The molecule has 0 radical (unpaired) electrons. The molecule has 1 amide bonds. The second-order valence-electron chi connectivity index (χ2n) is 6.87. The summed E-state index contributed by atoms with van der Waals surface area (Å²) in [7, 11) is 1.60. The van der Waals surface area contributed by atoms with Gasteiger partial charge in [0.1, 0.15) is 11.4 Å². The summed E-state index contributed by atoms with van der Waals surface area (Å²) >= 11 is 3.37. The fourth-order valence-electron chi connectivity index (χ4n) is 3.60. The van der Waals surface area contributed by atoms with E-state index in [1.54, 1.807) is 35.8 Å². The zero-order valence-electron chi connectivity index (χ0n) is 16.3. The Morgan fingerprint density at radius 3 is 2.87 bits per heavy atom. The quantitative estimate of drug-likeness (QED) is 0.372. The number of rotatable bonds is 6. The minimum Gasteiger partial charge on any atom is -0.495 e. The lowest BCUT2D eigenvalue weighted by Gasteiger charge is -2.11. The zero-order chi connectivity index (χ0) is 20.5. The number of methoxy groups -OCH3 is 1. The molecule has 0 bridgehead atoms. The van der Waals surface area contributed by atoms with E-state index in [0.29, 0.717) is 17.9 Å². The number of nitrogens with one attached hydrogen (secondary N) is 2. The molecule has 30 heavy (non-hydrogen) atoms. The molecule has 0 aliphatic carbocycles. The van der Waals surface area contributed by atoms with Crippen LogP contribution in [-0.2, 0) is 6.42 Å². The number of H-pyrrole nitrogens is 1. The molecule has 0 spiro atoms. The lowest BCUT2D eigenvalue weighted by atomic mass is 10.1. The number of carbonyl (C=O) groups excluding carboxylic acids is 1. The molecule has 5 nitrogen and oxygen atoms in total. The third-order valence-electron chi connectivity index (χ3n) is 5.03. The van der Waals surface area contributed by atoms with Gasteiger partial charge in [-0.3, -0.25) is 9.89 Å². The highest BCUT2D eigenvalue weighted by Crippen LogP contribution is 2.40. The van der Waals surface area contributed by atoms with Gasteiger partial charge in [-0.15, -0.1) is 22.7 Å². The van der Waals surface area contributed by atoms with Gasteiger partial charge in [0.05, 0.1) is 28.5 Å². The van der Waals surface area contributed by atoms with Crippen molar-refractivity contribution in [3.05, 3.63) is 70.4 Å². The van der Waals surface area contributed by atoms with E-state index in [1.165, 1.54) is 15.0 Å². The number of hydrogen-bond acceptors (Lipinski definition) is 5. The first kappa shape index (κ1) is 18.8. The van der Waals surface area contributed by atoms with Crippen molar-refractivity contribution in [2.75, 3.05) is 13.7 Å². The fourth-order valence-corrected chi connectivity index (χ4v) is 5.37. The molecule has 5 aromatic rings. The van der Waals surface area contributed by atoms with Gasteiger partial charge in [-0.05, 0) is 47.5 Å². The number of benzene rings is 2. The Kier molecular flexibility index (Phi) is 4.98. The first-order valence-corrected chi connectivity index (χ1v) is 11.3. The molecular weight excluding hydrogens is 414 g/mol. The van der Waals surface area contributed by atoms with Gasteiger partial charge in [0, 0.05) is 16.1 Å². The van der Waals surface area contributed by atoms with Gasteiger partial charge >= 0.3 is 0 Å². The first-order chi connectivity index (χ1) is 14.7. The van der Waals surface area contributed by atoms with Gasteiger partial charge in [0.15, 0.2) is 0 Å². The van der Waals surface area contributed by atoms with Gasteiger partial charge in [-0.2, -0.15) is 5.10 Å². The molecule has 0 aliphatic heterocycles. The van der Waals surface area contributed by atoms with Crippen LogP contribution in [0.4, 0.5) is 0 Å². The summed E-state index contributed by atoms with van der Waals surface area (Å²) in [5.74, 6) is 0.399. The van der Waals surface area contributed by atoms with Crippen molar-refractivity contribution >= 4 is 49.6 Å². The van der Waals surface area contributed by atoms with Crippen molar-refractivity contribution in [3.8, 4) is 16.3 Å². The van der Waals surface area contributed by atoms with E-state index >= 15 is 0 Å². The molecule has 3 aromatic heterocycles. The zero-order valence-corrected chi connectivity index (χ0v) is 17.9. The lowest BCUT2D eigenvalue weighted by molar-refractivity contribution is 0.0951. The van der Waals surface area contributed by atoms with Crippen LogP contribution in [0.1, 0.15) is 15.2 Å². The van der Waals surface area contributed by atoms with E-state index in [4.69, 9.17) is 4.74 Å². The third kappa shape index (κ3) is 3.36. The van der Waals surface area contributed by atoms with E-state index < -0.39 is 0 Å². The number of ether oxygens (including phenoxy) is 1. The van der Waals surface area contributed by atoms with Crippen LogP contribution in [0.2, 0.25) is 0 Å². The van der Waals surface area contributed by atoms with Gasteiger partial charge in [-0.25, -0.2) is 0 Å². The van der Waals surface area contributed by atoms with Crippen molar-refractivity contribution in [2.45, 2.75) is 6.42 Å². The maximum Gasteiger partial charge on any atom is 0.255 e. The molecule has 0 fully saturated rings. The second-order valence-corrected chi connectivity index (χ2v) is 8.99. The lowest BCUT2D eigenvalue weighted by Crippen LogP contribution is -2.26. The molecule has 5 rings (SSSR count). The number of aromatic nitrogens is 2. The van der Waals surface area contributed by atoms with Crippen LogP contribution in [0.25, 0.3) is 31.6 Å². The van der Waals surface area contributed by atoms with Crippen LogP contribution in [0.3, 0.4) is 0 Å². The summed E-state index contributed by atoms with van der Waals surface area (Å²) in [6, 6.07) is 18.1. The largest absolute Gasteiger partial charge is 0.495 e. The van der Waals surface area contributed by atoms with Crippen molar-refractivity contribution in [1.82, 2.24) is 15.5 Å². The Hall–Kier alpha value is -3.16. The van der Waals surface area contributed by atoms with Gasteiger partial charge < -0.3 is 10.1 Å². The molecule has 0 saturated carbocycles. The summed E-state index contributed by atoms with van der Waals surface area (Å²) in [4.78, 5) is 15.2. The minimum atomic E-state index is -0.145. The average Bonchev–Trinajstić information content (AvgIpc) is 3.51. The number of thiophene rings is 2. The monoisotopic (exact) mass is 433 g/mol. The Morgan fingerprint density at radius 2 is 2.07 bits per heavy atom. The molecule has 0 saturated heterocycles. The maximum absolute atomic E-state index is 12.9. The van der Waals surface area contributed by atoms with Crippen LogP contribution in [-0.4, -0.2) is 29.8 Å². The molecular formula is C23H19N3O2S2. The fraction of sp³-hybridized carbons (Fsp3) is 0.130. The summed E-state index contributed by atoms with van der Waals surface area (Å²) in [6.07, 6.45) is 0.812. The highest BCUT2D eigenvalue weighted by atomic mass is 32.1. The van der Waals surface area contributed by atoms with Gasteiger partial charge in [-0.1, -0.05) is 24.3 Å². The number of carbonyl (C=O) groups is 1.